The number of allylic oxidation sites excluding steroid dienone is 2. The van der Waals surface area contributed by atoms with E-state index in [4.69, 9.17) is 11.6 Å². The number of nitrogens with zero attached hydrogens (tertiary/aromatic N) is 7. The van der Waals surface area contributed by atoms with Crippen LogP contribution in [0.1, 0.15) is 22.6 Å². The minimum atomic E-state index is -0.642. The van der Waals surface area contributed by atoms with Crippen LogP contribution in [0.2, 0.25) is 5.02 Å². The molecule has 1 N–H and O–H groups in total. The van der Waals surface area contributed by atoms with Crippen LogP contribution in [-0.2, 0) is 0 Å². The number of aromatic nitrogens is 6. The van der Waals surface area contributed by atoms with Crippen LogP contribution in [0.15, 0.2) is 48.8 Å². The molecular formula is C18H14ClFN8. The zero-order valence-corrected chi connectivity index (χ0v) is 15.7. The molecule has 0 aromatic carbocycles. The normalized spacial score (nSPS) is 14.0. The first kappa shape index (κ1) is 17.9. The predicted molar refractivity (Wildman–Crippen MR) is 102 cm³/mol. The molecule has 0 saturated carbocycles. The molecule has 0 bridgehead atoms. The molecule has 0 aliphatic carbocycles. The van der Waals surface area contributed by atoms with Crippen LogP contribution in [-0.4, -0.2) is 30.6 Å². The van der Waals surface area contributed by atoms with E-state index >= 15 is 4.39 Å². The molecule has 0 spiro atoms. The number of hydrogen-bond acceptors (Lipinski definition) is 8. The van der Waals surface area contributed by atoms with E-state index < -0.39 is 5.95 Å². The largest absolute Gasteiger partial charge is 0.297 e. The van der Waals surface area contributed by atoms with Crippen LogP contribution in [0, 0.1) is 13.8 Å². The number of halogens is 2. The van der Waals surface area contributed by atoms with Crippen molar-refractivity contribution >= 4 is 28.6 Å². The smallest absolute Gasteiger partial charge is 0.224 e. The molecule has 0 atom stereocenters. The molecule has 1 aliphatic heterocycles. The summed E-state index contributed by atoms with van der Waals surface area (Å²) in [6.45, 7) is 3.67. The van der Waals surface area contributed by atoms with Crippen molar-refractivity contribution in [1.82, 2.24) is 36.0 Å². The number of anilines is 1. The van der Waals surface area contributed by atoms with E-state index in [0.717, 1.165) is 11.3 Å². The van der Waals surface area contributed by atoms with Gasteiger partial charge in [-0.2, -0.15) is 29.9 Å². The summed E-state index contributed by atoms with van der Waals surface area (Å²) >= 11 is 6.05. The lowest BCUT2D eigenvalue weighted by molar-refractivity contribution is 0.562. The van der Waals surface area contributed by atoms with Gasteiger partial charge in [-0.25, -0.2) is 5.01 Å². The van der Waals surface area contributed by atoms with Crippen LogP contribution in [0.25, 0.3) is 11.1 Å². The number of aryl methyl sites for hydroxylation is 2. The van der Waals surface area contributed by atoms with Gasteiger partial charge in [-0.1, -0.05) is 11.6 Å². The number of hydrogen-bond donors (Lipinski definition) is 1. The SMILES string of the molecule is Cc1cnnc(N2NC=C(c3ccc(C)nn3)C(c3cc(Cl)cnn3)=C2F)c1. The van der Waals surface area contributed by atoms with Crippen molar-refractivity contribution in [3.05, 3.63) is 76.5 Å². The molecular weight excluding hydrogens is 383 g/mol. The highest BCUT2D eigenvalue weighted by Crippen LogP contribution is 2.37. The number of nitrogens with one attached hydrogen (secondary N) is 1. The van der Waals surface area contributed by atoms with Gasteiger partial charge in [0.25, 0.3) is 0 Å². The Morgan fingerprint density at radius 3 is 2.50 bits per heavy atom. The average molecular weight is 397 g/mol. The third-order valence-corrected chi connectivity index (χ3v) is 4.18. The Labute approximate surface area is 164 Å². The van der Waals surface area contributed by atoms with Crippen LogP contribution in [0.4, 0.5) is 10.2 Å². The molecule has 3 aromatic heterocycles. The van der Waals surface area contributed by atoms with Gasteiger partial charge in [0.2, 0.25) is 5.95 Å². The second kappa shape index (κ2) is 7.28. The van der Waals surface area contributed by atoms with E-state index in [1.807, 2.05) is 13.8 Å². The van der Waals surface area contributed by atoms with Gasteiger partial charge >= 0.3 is 0 Å². The van der Waals surface area contributed by atoms with Crippen LogP contribution < -0.4 is 10.4 Å². The molecule has 0 fully saturated rings. The van der Waals surface area contributed by atoms with E-state index in [0.29, 0.717) is 16.3 Å². The molecule has 0 saturated heterocycles. The molecule has 0 unspecified atom stereocenters. The minimum absolute atomic E-state index is 0.162. The first-order valence-corrected chi connectivity index (χ1v) is 8.66. The summed E-state index contributed by atoms with van der Waals surface area (Å²) in [6, 6.07) is 6.78. The lowest BCUT2D eigenvalue weighted by Crippen LogP contribution is -2.36. The maximum Gasteiger partial charge on any atom is 0.224 e. The second-order valence-electron chi connectivity index (χ2n) is 6.10. The van der Waals surface area contributed by atoms with Crippen molar-refractivity contribution in [3.63, 3.8) is 0 Å². The highest BCUT2D eigenvalue weighted by Gasteiger charge is 2.29. The van der Waals surface area contributed by atoms with Gasteiger partial charge in [-0.15, -0.1) is 5.10 Å². The van der Waals surface area contributed by atoms with Gasteiger partial charge < -0.3 is 0 Å². The summed E-state index contributed by atoms with van der Waals surface area (Å²) < 4.78 is 15.6. The van der Waals surface area contributed by atoms with Gasteiger partial charge in [0.1, 0.15) is 0 Å². The zero-order valence-electron chi connectivity index (χ0n) is 14.9. The van der Waals surface area contributed by atoms with Crippen molar-refractivity contribution in [1.29, 1.82) is 0 Å². The summed E-state index contributed by atoms with van der Waals surface area (Å²) in [7, 11) is 0. The molecule has 8 nitrogen and oxygen atoms in total. The van der Waals surface area contributed by atoms with Crippen LogP contribution in [0.5, 0.6) is 0 Å². The van der Waals surface area contributed by atoms with Gasteiger partial charge in [0, 0.05) is 11.8 Å². The average Bonchev–Trinajstić information content (AvgIpc) is 2.68. The molecule has 0 amide bonds. The highest BCUT2D eigenvalue weighted by atomic mass is 35.5. The molecule has 0 radical (unpaired) electrons. The Morgan fingerprint density at radius 1 is 0.964 bits per heavy atom. The quantitative estimate of drug-likeness (QED) is 0.675. The monoisotopic (exact) mass is 396 g/mol. The van der Waals surface area contributed by atoms with Crippen molar-refractivity contribution in [2.75, 3.05) is 5.01 Å². The van der Waals surface area contributed by atoms with Crippen molar-refractivity contribution in [2.24, 2.45) is 0 Å². The van der Waals surface area contributed by atoms with E-state index in [9.17, 15) is 0 Å². The van der Waals surface area contributed by atoms with Gasteiger partial charge in [0.05, 0.1) is 40.1 Å². The van der Waals surface area contributed by atoms with E-state index in [2.05, 4.69) is 36.0 Å². The van der Waals surface area contributed by atoms with Gasteiger partial charge in [0.15, 0.2) is 5.82 Å². The molecule has 140 valence electrons. The maximum absolute atomic E-state index is 15.6. The fraction of sp³-hybridized carbons (Fsp3) is 0.111. The summed E-state index contributed by atoms with van der Waals surface area (Å²) in [4.78, 5) is 0. The lowest BCUT2D eigenvalue weighted by Gasteiger charge is -2.28. The third-order valence-electron chi connectivity index (χ3n) is 3.97. The first-order chi connectivity index (χ1) is 13.5. The molecule has 28 heavy (non-hydrogen) atoms. The van der Waals surface area contributed by atoms with Crippen molar-refractivity contribution < 1.29 is 4.39 Å². The topological polar surface area (TPSA) is 92.6 Å². The Balaban J connectivity index is 1.88. The zero-order chi connectivity index (χ0) is 19.7. The highest BCUT2D eigenvalue weighted by molar-refractivity contribution is 6.30. The maximum atomic E-state index is 15.6. The Bertz CT molecular complexity index is 1100. The Morgan fingerprint density at radius 2 is 1.79 bits per heavy atom. The summed E-state index contributed by atoms with van der Waals surface area (Å²) in [6.07, 6.45) is 4.56. The fourth-order valence-electron chi connectivity index (χ4n) is 2.66. The van der Waals surface area contributed by atoms with E-state index in [1.165, 1.54) is 17.3 Å². The van der Waals surface area contributed by atoms with Crippen LogP contribution in [0.3, 0.4) is 0 Å². The first-order valence-electron chi connectivity index (χ1n) is 8.28. The minimum Gasteiger partial charge on any atom is -0.297 e. The summed E-state index contributed by atoms with van der Waals surface area (Å²) in [5.74, 6) is -0.355. The summed E-state index contributed by atoms with van der Waals surface area (Å²) in [5, 5.41) is 25.5. The van der Waals surface area contributed by atoms with Crippen molar-refractivity contribution in [2.45, 2.75) is 13.8 Å². The second-order valence-corrected chi connectivity index (χ2v) is 6.53. The standard InChI is InChI=1S/C18H14ClFN8/c1-10-5-16(27-21-7-10)28-18(20)17(15-6-12(19)8-22-25-15)13(9-23-28)14-4-3-11(2)24-26-14/h3-9,23H,1-2H3. The van der Waals surface area contributed by atoms with Crippen molar-refractivity contribution in [3.8, 4) is 0 Å². The van der Waals surface area contributed by atoms with Gasteiger partial charge in [-0.05, 0) is 43.7 Å². The van der Waals surface area contributed by atoms with Gasteiger partial charge in [-0.3, -0.25) is 5.43 Å². The third kappa shape index (κ3) is 3.39. The summed E-state index contributed by atoms with van der Waals surface area (Å²) in [5.41, 5.74) is 5.81. The molecule has 1 aliphatic rings. The fourth-order valence-corrected chi connectivity index (χ4v) is 2.81. The number of hydrazine groups is 1. The lowest BCUT2D eigenvalue weighted by atomic mass is 9.99. The van der Waals surface area contributed by atoms with E-state index in [1.54, 1.807) is 30.6 Å². The predicted octanol–water partition coefficient (Wildman–Crippen LogP) is 3.03. The molecule has 4 heterocycles. The Kier molecular flexibility index (Phi) is 4.66. The molecule has 3 aromatic rings. The van der Waals surface area contributed by atoms with E-state index in [-0.39, 0.29) is 17.1 Å². The van der Waals surface area contributed by atoms with Crippen LogP contribution >= 0.6 is 11.6 Å². The molecule has 4 rings (SSSR count). The Hall–Kier alpha value is -3.46. The number of rotatable bonds is 3. The molecule has 10 heteroatoms.